The van der Waals surface area contributed by atoms with Gasteiger partial charge in [0.25, 0.3) is 0 Å². The number of rotatable bonds is 5. The molecule has 1 saturated carbocycles. The van der Waals surface area contributed by atoms with Crippen LogP contribution in [0.15, 0.2) is 42.5 Å². The SMILES string of the molecule is C=C/C(=C\C(=N)c1ccc(F)cc1C1(C)C[C@H]1C)C(C)C.CC. The first-order valence-electron chi connectivity index (χ1n) is 8.52. The predicted molar refractivity (Wildman–Crippen MR) is 98.8 cm³/mol. The summed E-state index contributed by atoms with van der Waals surface area (Å²) in [5.74, 6) is 0.639. The van der Waals surface area contributed by atoms with Crippen molar-refractivity contribution in [2.75, 3.05) is 0 Å². The van der Waals surface area contributed by atoms with Crippen LogP contribution in [0.2, 0.25) is 0 Å². The van der Waals surface area contributed by atoms with Crippen LogP contribution in [0.25, 0.3) is 0 Å². The van der Waals surface area contributed by atoms with Crippen molar-refractivity contribution < 1.29 is 4.39 Å². The lowest BCUT2D eigenvalue weighted by molar-refractivity contribution is 0.615. The molecule has 1 aromatic carbocycles. The van der Waals surface area contributed by atoms with Crippen molar-refractivity contribution in [3.63, 3.8) is 0 Å². The largest absolute Gasteiger partial charge is 0.300 e. The Bertz CT molecular complexity index is 612. The lowest BCUT2D eigenvalue weighted by atomic mass is 9.88. The van der Waals surface area contributed by atoms with Crippen LogP contribution in [0.5, 0.6) is 0 Å². The fourth-order valence-electron chi connectivity index (χ4n) is 2.88. The molecule has 1 aromatic rings. The monoisotopic (exact) mass is 315 g/mol. The summed E-state index contributed by atoms with van der Waals surface area (Å²) in [5, 5.41) is 8.40. The maximum atomic E-state index is 13.7. The Morgan fingerprint density at radius 3 is 2.39 bits per heavy atom. The van der Waals surface area contributed by atoms with E-state index in [1.165, 1.54) is 6.07 Å². The van der Waals surface area contributed by atoms with Crippen molar-refractivity contribution in [1.82, 2.24) is 0 Å². The smallest absolute Gasteiger partial charge is 0.123 e. The second-order valence-electron chi connectivity index (χ2n) is 6.63. The van der Waals surface area contributed by atoms with Gasteiger partial charge in [-0.3, -0.25) is 0 Å². The van der Waals surface area contributed by atoms with Gasteiger partial charge in [0, 0.05) is 5.56 Å². The fourth-order valence-corrected chi connectivity index (χ4v) is 2.88. The number of hydrogen-bond donors (Lipinski definition) is 1. The highest BCUT2D eigenvalue weighted by atomic mass is 19.1. The van der Waals surface area contributed by atoms with Crippen LogP contribution in [0.3, 0.4) is 0 Å². The number of nitrogens with one attached hydrogen (secondary N) is 1. The average Bonchev–Trinajstić information content (AvgIpc) is 3.14. The first kappa shape index (κ1) is 19.3. The summed E-state index contributed by atoms with van der Waals surface area (Å²) < 4.78 is 13.7. The minimum absolute atomic E-state index is 0.00372. The van der Waals surface area contributed by atoms with Gasteiger partial charge >= 0.3 is 0 Å². The van der Waals surface area contributed by atoms with Gasteiger partial charge in [-0.1, -0.05) is 54.2 Å². The Labute approximate surface area is 140 Å². The van der Waals surface area contributed by atoms with E-state index < -0.39 is 0 Å². The van der Waals surface area contributed by atoms with Crippen LogP contribution in [-0.2, 0) is 5.41 Å². The van der Waals surface area contributed by atoms with Crippen molar-refractivity contribution in [3.05, 3.63) is 59.4 Å². The van der Waals surface area contributed by atoms with E-state index in [0.717, 1.165) is 23.1 Å². The van der Waals surface area contributed by atoms with E-state index in [4.69, 9.17) is 5.41 Å². The van der Waals surface area contributed by atoms with Gasteiger partial charge in [0.2, 0.25) is 0 Å². The Balaban J connectivity index is 0.00000127. The zero-order valence-corrected chi connectivity index (χ0v) is 15.3. The summed E-state index contributed by atoms with van der Waals surface area (Å²) in [4.78, 5) is 0. The molecule has 0 heterocycles. The third-order valence-electron chi connectivity index (χ3n) is 4.76. The highest BCUT2D eigenvalue weighted by molar-refractivity contribution is 6.08. The Morgan fingerprint density at radius 2 is 1.96 bits per heavy atom. The number of halogens is 1. The molecule has 1 N–H and O–H groups in total. The lowest BCUT2D eigenvalue weighted by Gasteiger charge is -2.17. The van der Waals surface area contributed by atoms with Gasteiger partial charge < -0.3 is 5.41 Å². The van der Waals surface area contributed by atoms with Crippen molar-refractivity contribution >= 4 is 5.71 Å². The summed E-state index contributed by atoms with van der Waals surface area (Å²) in [6.45, 7) is 16.3. The summed E-state index contributed by atoms with van der Waals surface area (Å²) in [6, 6.07) is 4.78. The summed E-state index contributed by atoms with van der Waals surface area (Å²) >= 11 is 0. The van der Waals surface area contributed by atoms with Crippen LogP contribution in [0.1, 0.15) is 59.1 Å². The Morgan fingerprint density at radius 1 is 1.39 bits per heavy atom. The third-order valence-corrected chi connectivity index (χ3v) is 4.76. The van der Waals surface area contributed by atoms with E-state index in [0.29, 0.717) is 17.5 Å². The van der Waals surface area contributed by atoms with Crippen molar-refractivity contribution in [3.8, 4) is 0 Å². The van der Waals surface area contributed by atoms with Crippen LogP contribution < -0.4 is 0 Å². The van der Waals surface area contributed by atoms with Gasteiger partial charge in [0.1, 0.15) is 5.82 Å². The molecule has 0 saturated heterocycles. The molecule has 0 aliphatic heterocycles. The van der Waals surface area contributed by atoms with Crippen LogP contribution >= 0.6 is 0 Å². The first-order valence-corrected chi connectivity index (χ1v) is 8.52. The quantitative estimate of drug-likeness (QED) is 0.488. The van der Waals surface area contributed by atoms with E-state index in [1.807, 2.05) is 19.9 Å². The van der Waals surface area contributed by atoms with Gasteiger partial charge in [-0.2, -0.15) is 0 Å². The normalized spacial score (nSPS) is 23.1. The number of benzene rings is 1. The molecule has 2 heteroatoms. The van der Waals surface area contributed by atoms with Crippen molar-refractivity contribution in [2.24, 2.45) is 11.8 Å². The number of allylic oxidation sites excluding steroid dienone is 3. The minimum Gasteiger partial charge on any atom is -0.300 e. The maximum absolute atomic E-state index is 13.7. The highest BCUT2D eigenvalue weighted by Gasteiger charge is 2.49. The molecule has 0 bridgehead atoms. The van der Waals surface area contributed by atoms with Gasteiger partial charge in [-0.15, -0.1) is 0 Å². The van der Waals surface area contributed by atoms with Crippen LogP contribution in [-0.4, -0.2) is 5.71 Å². The molecular formula is C21H30FN. The van der Waals surface area contributed by atoms with Crippen LogP contribution in [0.4, 0.5) is 4.39 Å². The van der Waals surface area contributed by atoms with Crippen molar-refractivity contribution in [2.45, 2.75) is 53.4 Å². The molecule has 0 radical (unpaired) electrons. The topological polar surface area (TPSA) is 23.9 Å². The summed E-state index contributed by atoms with van der Waals surface area (Å²) in [7, 11) is 0. The Hall–Kier alpha value is -1.70. The molecule has 1 fully saturated rings. The molecule has 0 amide bonds. The predicted octanol–water partition coefficient (Wildman–Crippen LogP) is 6.29. The zero-order valence-electron chi connectivity index (χ0n) is 15.3. The van der Waals surface area contributed by atoms with Crippen molar-refractivity contribution in [1.29, 1.82) is 5.41 Å². The molecular weight excluding hydrogens is 285 g/mol. The van der Waals surface area contributed by atoms with E-state index in [-0.39, 0.29) is 11.2 Å². The van der Waals surface area contributed by atoms with Gasteiger partial charge in [0.05, 0.1) is 5.71 Å². The zero-order chi connectivity index (χ0) is 17.8. The molecule has 2 atom stereocenters. The second-order valence-corrected chi connectivity index (χ2v) is 6.63. The molecule has 2 rings (SSSR count). The lowest BCUT2D eigenvalue weighted by Crippen LogP contribution is -2.12. The van der Waals surface area contributed by atoms with Gasteiger partial charge in [-0.05, 0) is 59.1 Å². The molecule has 126 valence electrons. The average molecular weight is 315 g/mol. The van der Waals surface area contributed by atoms with E-state index >= 15 is 0 Å². The molecule has 23 heavy (non-hydrogen) atoms. The maximum Gasteiger partial charge on any atom is 0.123 e. The molecule has 0 aromatic heterocycles. The van der Waals surface area contributed by atoms with Gasteiger partial charge in [-0.25, -0.2) is 4.39 Å². The highest BCUT2D eigenvalue weighted by Crippen LogP contribution is 2.54. The molecule has 1 aliphatic carbocycles. The summed E-state index contributed by atoms with van der Waals surface area (Å²) in [5.41, 5.74) is 3.27. The van der Waals surface area contributed by atoms with E-state index in [9.17, 15) is 4.39 Å². The fraction of sp³-hybridized carbons (Fsp3) is 0.476. The minimum atomic E-state index is -0.223. The molecule has 1 nitrogen and oxygen atoms in total. The molecule has 1 unspecified atom stereocenters. The second kappa shape index (κ2) is 7.72. The molecule has 0 spiro atoms. The first-order chi connectivity index (χ1) is 10.8. The third kappa shape index (κ3) is 4.19. The Kier molecular flexibility index (Phi) is 6.49. The molecule has 1 aliphatic rings. The van der Waals surface area contributed by atoms with Crippen LogP contribution in [0, 0.1) is 23.1 Å². The van der Waals surface area contributed by atoms with Gasteiger partial charge in [0.15, 0.2) is 0 Å². The van der Waals surface area contributed by atoms with E-state index in [2.05, 4.69) is 34.3 Å². The standard InChI is InChI=1S/C19H24FN.C2H6/c1-6-14(12(2)3)9-18(21)16-8-7-15(20)10-17(16)19(5)11-13(19)4;1-2/h6-10,12-13,21H,1,11H2,2-5H3;1-2H3/b14-9+,21-18?;/t13-,19?;/m1./s1. The van der Waals surface area contributed by atoms with E-state index in [1.54, 1.807) is 18.2 Å². The number of hydrogen-bond acceptors (Lipinski definition) is 1. The summed E-state index contributed by atoms with van der Waals surface area (Å²) in [6.07, 6.45) is 4.70.